The Morgan fingerprint density at radius 2 is 2.21 bits per heavy atom. The maximum Gasteiger partial charge on any atom is 0.0543 e. The van der Waals surface area contributed by atoms with Gasteiger partial charge in [-0.15, -0.1) is 0 Å². The zero-order valence-corrected chi connectivity index (χ0v) is 10.2. The molecular weight excluding hydrogens is 242 g/mol. The number of nitrogens with zero attached hydrogens (tertiary/aromatic N) is 1. The van der Waals surface area contributed by atoms with E-state index in [2.05, 4.69) is 33.9 Å². The Morgan fingerprint density at radius 1 is 1.50 bits per heavy atom. The molecule has 14 heavy (non-hydrogen) atoms. The molecule has 0 aliphatic rings. The number of pyridine rings is 1. The van der Waals surface area contributed by atoms with Crippen LogP contribution in [0.25, 0.3) is 0 Å². The molecule has 0 amide bonds. The van der Waals surface area contributed by atoms with Crippen LogP contribution >= 0.6 is 15.9 Å². The van der Waals surface area contributed by atoms with Crippen molar-refractivity contribution >= 4 is 15.9 Å². The van der Waals surface area contributed by atoms with E-state index in [9.17, 15) is 5.11 Å². The monoisotopic (exact) mass is 257 g/mol. The molecule has 0 bridgehead atoms. The first-order valence-corrected chi connectivity index (χ1v) is 5.70. The lowest BCUT2D eigenvalue weighted by molar-refractivity contribution is 0.123. The third-order valence-corrected chi connectivity index (χ3v) is 2.90. The molecule has 0 fully saturated rings. The van der Waals surface area contributed by atoms with Gasteiger partial charge in [-0.2, -0.15) is 0 Å². The highest BCUT2D eigenvalue weighted by Gasteiger charge is 2.13. The zero-order valence-electron chi connectivity index (χ0n) is 8.57. The molecule has 2 nitrogen and oxygen atoms in total. The first-order valence-electron chi connectivity index (χ1n) is 4.91. The van der Waals surface area contributed by atoms with Crippen molar-refractivity contribution in [2.45, 2.75) is 32.8 Å². The minimum atomic E-state index is -0.251. The first kappa shape index (κ1) is 11.7. The quantitative estimate of drug-likeness (QED) is 0.900. The molecule has 0 saturated heterocycles. The van der Waals surface area contributed by atoms with Gasteiger partial charge >= 0.3 is 0 Å². The molecule has 1 aromatic rings. The van der Waals surface area contributed by atoms with Crippen molar-refractivity contribution in [3.05, 3.63) is 28.5 Å². The highest BCUT2D eigenvalue weighted by Crippen LogP contribution is 2.17. The topological polar surface area (TPSA) is 33.1 Å². The average molecular weight is 258 g/mol. The van der Waals surface area contributed by atoms with E-state index < -0.39 is 0 Å². The molecule has 0 aromatic carbocycles. The summed E-state index contributed by atoms with van der Waals surface area (Å²) >= 11 is 3.39. The van der Waals surface area contributed by atoms with Gasteiger partial charge in [-0.25, -0.2) is 0 Å². The number of hydrogen-bond donors (Lipinski definition) is 1. The van der Waals surface area contributed by atoms with E-state index in [1.165, 1.54) is 5.56 Å². The van der Waals surface area contributed by atoms with Crippen molar-refractivity contribution in [1.29, 1.82) is 0 Å². The molecule has 2 atom stereocenters. The Labute approximate surface area is 93.5 Å². The molecule has 1 aromatic heterocycles. The zero-order chi connectivity index (χ0) is 10.6. The highest BCUT2D eigenvalue weighted by atomic mass is 79.9. The lowest BCUT2D eigenvalue weighted by Gasteiger charge is -2.17. The summed E-state index contributed by atoms with van der Waals surface area (Å²) in [6, 6.07) is 2.05. The minimum Gasteiger partial charge on any atom is -0.393 e. The number of halogens is 1. The summed E-state index contributed by atoms with van der Waals surface area (Å²) in [7, 11) is 0. The van der Waals surface area contributed by atoms with E-state index >= 15 is 0 Å². The number of rotatable bonds is 4. The Kier molecular flexibility index (Phi) is 4.55. The lowest BCUT2D eigenvalue weighted by atomic mass is 9.93. The molecule has 0 aliphatic carbocycles. The van der Waals surface area contributed by atoms with Gasteiger partial charge in [0.15, 0.2) is 0 Å². The maximum atomic E-state index is 9.51. The standard InChI is InChI=1S/C11H16BrNO/c1-3-10(8(2)14)4-9-5-11(12)7-13-6-9/h5-8,10,14H,3-4H2,1-2H3. The molecule has 0 aliphatic heterocycles. The smallest absolute Gasteiger partial charge is 0.0543 e. The van der Waals surface area contributed by atoms with Crippen molar-refractivity contribution in [3.8, 4) is 0 Å². The van der Waals surface area contributed by atoms with Crippen molar-refractivity contribution in [2.24, 2.45) is 5.92 Å². The number of aliphatic hydroxyl groups is 1. The molecule has 1 heterocycles. The second kappa shape index (κ2) is 5.47. The van der Waals surface area contributed by atoms with E-state index in [4.69, 9.17) is 0 Å². The van der Waals surface area contributed by atoms with Gasteiger partial charge in [-0.1, -0.05) is 13.3 Å². The van der Waals surface area contributed by atoms with Crippen molar-refractivity contribution in [2.75, 3.05) is 0 Å². The van der Waals surface area contributed by atoms with Crippen LogP contribution in [0.4, 0.5) is 0 Å². The van der Waals surface area contributed by atoms with E-state index in [1.54, 1.807) is 6.20 Å². The van der Waals surface area contributed by atoms with Gasteiger partial charge in [0.05, 0.1) is 6.10 Å². The molecular formula is C11H16BrNO. The van der Waals surface area contributed by atoms with Crippen molar-refractivity contribution in [1.82, 2.24) is 4.98 Å². The summed E-state index contributed by atoms with van der Waals surface area (Å²) in [5, 5.41) is 9.51. The van der Waals surface area contributed by atoms with Crippen LogP contribution in [0, 0.1) is 5.92 Å². The van der Waals surface area contributed by atoms with E-state index in [-0.39, 0.29) is 6.10 Å². The first-order chi connectivity index (χ1) is 6.63. The predicted molar refractivity (Wildman–Crippen MR) is 61.1 cm³/mol. The van der Waals surface area contributed by atoms with Crippen LogP contribution in [0.2, 0.25) is 0 Å². The number of aromatic nitrogens is 1. The molecule has 78 valence electrons. The van der Waals surface area contributed by atoms with Crippen molar-refractivity contribution in [3.63, 3.8) is 0 Å². The fraction of sp³-hybridized carbons (Fsp3) is 0.545. The SMILES string of the molecule is CCC(Cc1cncc(Br)c1)C(C)O. The van der Waals surface area contributed by atoms with Crippen LogP contribution in [0.3, 0.4) is 0 Å². The lowest BCUT2D eigenvalue weighted by Crippen LogP contribution is -2.18. The van der Waals surface area contributed by atoms with E-state index in [0.29, 0.717) is 5.92 Å². The minimum absolute atomic E-state index is 0.251. The molecule has 3 heteroatoms. The van der Waals surface area contributed by atoms with Crippen LogP contribution in [-0.4, -0.2) is 16.2 Å². The highest BCUT2D eigenvalue weighted by molar-refractivity contribution is 9.10. The Bertz CT molecular complexity index is 288. The summed E-state index contributed by atoms with van der Waals surface area (Å²) < 4.78 is 0.996. The Morgan fingerprint density at radius 3 is 2.71 bits per heavy atom. The average Bonchev–Trinajstić information content (AvgIpc) is 2.14. The fourth-order valence-corrected chi connectivity index (χ4v) is 1.94. The van der Waals surface area contributed by atoms with Crippen LogP contribution in [0.1, 0.15) is 25.8 Å². The molecule has 0 radical (unpaired) electrons. The fourth-order valence-electron chi connectivity index (χ4n) is 1.53. The second-order valence-corrected chi connectivity index (χ2v) is 4.54. The van der Waals surface area contributed by atoms with Gasteiger partial charge in [-0.05, 0) is 46.8 Å². The van der Waals surface area contributed by atoms with Gasteiger partial charge in [0.25, 0.3) is 0 Å². The van der Waals surface area contributed by atoms with Gasteiger partial charge in [0.2, 0.25) is 0 Å². The number of hydrogen-bond acceptors (Lipinski definition) is 2. The van der Waals surface area contributed by atoms with E-state index in [1.807, 2.05) is 13.1 Å². The van der Waals surface area contributed by atoms with Gasteiger partial charge in [-0.3, -0.25) is 4.98 Å². The molecule has 2 unspecified atom stereocenters. The maximum absolute atomic E-state index is 9.51. The number of aliphatic hydroxyl groups excluding tert-OH is 1. The summed E-state index contributed by atoms with van der Waals surface area (Å²) in [5.74, 6) is 0.325. The second-order valence-electron chi connectivity index (χ2n) is 3.62. The van der Waals surface area contributed by atoms with Gasteiger partial charge in [0.1, 0.15) is 0 Å². The Hall–Kier alpha value is -0.410. The molecule has 0 saturated carbocycles. The van der Waals surface area contributed by atoms with Crippen LogP contribution in [-0.2, 0) is 6.42 Å². The summed E-state index contributed by atoms with van der Waals surface area (Å²) in [6.45, 7) is 3.95. The van der Waals surface area contributed by atoms with E-state index in [0.717, 1.165) is 17.3 Å². The van der Waals surface area contributed by atoms with Crippen LogP contribution < -0.4 is 0 Å². The van der Waals surface area contributed by atoms with Crippen molar-refractivity contribution < 1.29 is 5.11 Å². The summed E-state index contributed by atoms with van der Waals surface area (Å²) in [4.78, 5) is 4.10. The summed E-state index contributed by atoms with van der Waals surface area (Å²) in [5.41, 5.74) is 1.17. The van der Waals surface area contributed by atoms with Gasteiger partial charge in [0, 0.05) is 16.9 Å². The summed E-state index contributed by atoms with van der Waals surface area (Å²) in [6.07, 6.45) is 5.26. The van der Waals surface area contributed by atoms with Crippen LogP contribution in [0.5, 0.6) is 0 Å². The van der Waals surface area contributed by atoms with Crippen LogP contribution in [0.15, 0.2) is 22.9 Å². The molecule has 1 N–H and O–H groups in total. The Balaban J connectivity index is 2.67. The largest absolute Gasteiger partial charge is 0.393 e. The molecule has 0 spiro atoms. The predicted octanol–water partition coefficient (Wildman–Crippen LogP) is 2.79. The molecule has 1 rings (SSSR count). The third kappa shape index (κ3) is 3.39. The normalized spacial score (nSPS) is 15.1. The van der Waals surface area contributed by atoms with Gasteiger partial charge < -0.3 is 5.11 Å². The third-order valence-electron chi connectivity index (χ3n) is 2.47.